The summed E-state index contributed by atoms with van der Waals surface area (Å²) in [4.78, 5) is 2.29. The van der Waals surface area contributed by atoms with Crippen molar-refractivity contribution in [3.05, 3.63) is 0 Å². The predicted octanol–water partition coefficient (Wildman–Crippen LogP) is 1.71. The smallest absolute Gasteiger partial charge is 0.250 e. The molecular formula is C13H26F2N2O. The van der Waals surface area contributed by atoms with E-state index < -0.39 is 6.43 Å². The van der Waals surface area contributed by atoms with Crippen LogP contribution in [0.25, 0.3) is 0 Å². The van der Waals surface area contributed by atoms with Crippen molar-refractivity contribution in [1.82, 2.24) is 10.2 Å². The molecular weight excluding hydrogens is 238 g/mol. The molecule has 0 spiro atoms. The fourth-order valence-corrected chi connectivity index (χ4v) is 2.55. The van der Waals surface area contributed by atoms with Crippen LogP contribution in [0, 0.1) is 5.92 Å². The molecule has 0 saturated carbocycles. The molecule has 18 heavy (non-hydrogen) atoms. The highest BCUT2D eigenvalue weighted by Gasteiger charge is 2.29. The van der Waals surface area contributed by atoms with E-state index in [2.05, 4.69) is 17.1 Å². The van der Waals surface area contributed by atoms with Crippen molar-refractivity contribution in [2.24, 2.45) is 5.92 Å². The molecule has 1 aliphatic rings. The van der Waals surface area contributed by atoms with Gasteiger partial charge in [0.2, 0.25) is 0 Å². The molecule has 0 amide bonds. The normalized spacial score (nSPS) is 27.7. The largest absolute Gasteiger partial charge is 0.393 e. The van der Waals surface area contributed by atoms with Crippen molar-refractivity contribution in [2.75, 3.05) is 26.2 Å². The average Bonchev–Trinajstić information content (AvgIpc) is 2.33. The summed E-state index contributed by atoms with van der Waals surface area (Å²) in [5, 5.41) is 12.6. The number of unbranched alkanes of at least 4 members (excludes halogenated alkanes) is 1. The lowest BCUT2D eigenvalue weighted by atomic mass is 9.90. The highest BCUT2D eigenvalue weighted by atomic mass is 19.3. The lowest BCUT2D eigenvalue weighted by Crippen LogP contribution is -2.52. The Kier molecular flexibility index (Phi) is 7.04. The Bertz CT molecular complexity index is 227. The van der Waals surface area contributed by atoms with Crippen molar-refractivity contribution in [3.8, 4) is 0 Å². The Labute approximate surface area is 109 Å². The lowest BCUT2D eigenvalue weighted by Gasteiger charge is -2.39. The molecule has 3 unspecified atom stereocenters. The first kappa shape index (κ1) is 15.8. The van der Waals surface area contributed by atoms with Gasteiger partial charge in [0.15, 0.2) is 0 Å². The van der Waals surface area contributed by atoms with Gasteiger partial charge in [-0.05, 0) is 32.2 Å². The van der Waals surface area contributed by atoms with E-state index in [1.54, 1.807) is 6.92 Å². The van der Waals surface area contributed by atoms with Gasteiger partial charge in [-0.1, -0.05) is 13.3 Å². The fourth-order valence-electron chi connectivity index (χ4n) is 2.55. The minimum Gasteiger partial charge on any atom is -0.393 e. The summed E-state index contributed by atoms with van der Waals surface area (Å²) in [5.41, 5.74) is 0. The molecule has 0 radical (unpaired) electrons. The first-order valence-electron chi connectivity index (χ1n) is 6.94. The maximum absolute atomic E-state index is 12.2. The lowest BCUT2D eigenvalue weighted by molar-refractivity contribution is 0.0429. The Morgan fingerprint density at radius 3 is 2.67 bits per heavy atom. The Hall–Kier alpha value is -0.260. The molecule has 2 N–H and O–H groups in total. The molecule has 5 heteroatoms. The SMILES string of the molecule is CCCCN1CC(NCC(F)F)CC(C(C)O)C1. The van der Waals surface area contributed by atoms with E-state index in [4.69, 9.17) is 0 Å². The van der Waals surface area contributed by atoms with Crippen LogP contribution in [0.1, 0.15) is 33.1 Å². The van der Waals surface area contributed by atoms with Gasteiger partial charge in [0.25, 0.3) is 6.43 Å². The highest BCUT2D eigenvalue weighted by Crippen LogP contribution is 2.20. The van der Waals surface area contributed by atoms with Gasteiger partial charge in [-0.3, -0.25) is 0 Å². The summed E-state index contributed by atoms with van der Waals surface area (Å²) in [6, 6.07) is 0.0733. The van der Waals surface area contributed by atoms with Gasteiger partial charge in [-0.15, -0.1) is 0 Å². The molecule has 0 aromatic rings. The van der Waals surface area contributed by atoms with Crippen LogP contribution in [-0.2, 0) is 0 Å². The number of aliphatic hydroxyl groups is 1. The molecule has 108 valence electrons. The van der Waals surface area contributed by atoms with Crippen molar-refractivity contribution in [3.63, 3.8) is 0 Å². The molecule has 1 heterocycles. The Morgan fingerprint density at radius 1 is 1.39 bits per heavy atom. The van der Waals surface area contributed by atoms with Crippen molar-refractivity contribution in [1.29, 1.82) is 0 Å². The predicted molar refractivity (Wildman–Crippen MR) is 68.9 cm³/mol. The molecule has 3 atom stereocenters. The number of hydrogen-bond acceptors (Lipinski definition) is 3. The van der Waals surface area contributed by atoms with Gasteiger partial charge in [0.05, 0.1) is 12.6 Å². The van der Waals surface area contributed by atoms with Crippen molar-refractivity contribution in [2.45, 2.75) is 51.7 Å². The number of nitrogens with one attached hydrogen (secondary N) is 1. The van der Waals surface area contributed by atoms with Crippen LogP contribution in [0.4, 0.5) is 8.78 Å². The van der Waals surface area contributed by atoms with E-state index in [9.17, 15) is 13.9 Å². The standard InChI is InChI=1S/C13H26F2N2O/c1-3-4-5-17-8-11(10(2)18)6-12(9-17)16-7-13(14)15/h10-13,16,18H,3-9H2,1-2H3. The van der Waals surface area contributed by atoms with E-state index in [1.165, 1.54) is 0 Å². The molecule has 1 rings (SSSR count). The molecule has 0 aromatic carbocycles. The van der Waals surface area contributed by atoms with Crippen LogP contribution in [0.5, 0.6) is 0 Å². The zero-order valence-corrected chi connectivity index (χ0v) is 11.4. The van der Waals surface area contributed by atoms with Crippen LogP contribution in [0.2, 0.25) is 0 Å². The van der Waals surface area contributed by atoms with Crippen LogP contribution < -0.4 is 5.32 Å². The van der Waals surface area contributed by atoms with Gasteiger partial charge >= 0.3 is 0 Å². The molecule has 1 fully saturated rings. The average molecular weight is 264 g/mol. The number of piperidine rings is 1. The molecule has 0 aromatic heterocycles. The summed E-state index contributed by atoms with van der Waals surface area (Å²) in [5.74, 6) is 0.186. The summed E-state index contributed by atoms with van der Waals surface area (Å²) in [6.45, 7) is 6.37. The maximum Gasteiger partial charge on any atom is 0.250 e. The Balaban J connectivity index is 2.45. The number of halogens is 2. The number of nitrogens with zero attached hydrogens (tertiary/aromatic N) is 1. The van der Waals surface area contributed by atoms with E-state index in [1.807, 2.05) is 0 Å². The van der Waals surface area contributed by atoms with E-state index in [0.29, 0.717) is 0 Å². The minimum atomic E-state index is -2.30. The van der Waals surface area contributed by atoms with Gasteiger partial charge in [0, 0.05) is 19.1 Å². The van der Waals surface area contributed by atoms with Crippen LogP contribution in [0.15, 0.2) is 0 Å². The summed E-state index contributed by atoms with van der Waals surface area (Å²) in [7, 11) is 0. The topological polar surface area (TPSA) is 35.5 Å². The Morgan fingerprint density at radius 2 is 2.11 bits per heavy atom. The number of rotatable bonds is 7. The third kappa shape index (κ3) is 5.59. The third-order valence-electron chi connectivity index (χ3n) is 3.63. The molecule has 1 aliphatic heterocycles. The van der Waals surface area contributed by atoms with E-state index in [-0.39, 0.29) is 24.6 Å². The number of hydrogen-bond donors (Lipinski definition) is 2. The first-order chi connectivity index (χ1) is 8.52. The summed E-state index contributed by atoms with van der Waals surface area (Å²) < 4.78 is 24.4. The number of alkyl halides is 2. The van der Waals surface area contributed by atoms with E-state index in [0.717, 1.165) is 38.9 Å². The van der Waals surface area contributed by atoms with Crippen molar-refractivity contribution >= 4 is 0 Å². The quantitative estimate of drug-likeness (QED) is 0.735. The second-order valence-corrected chi connectivity index (χ2v) is 5.35. The van der Waals surface area contributed by atoms with Crippen LogP contribution >= 0.6 is 0 Å². The second-order valence-electron chi connectivity index (χ2n) is 5.35. The fraction of sp³-hybridized carbons (Fsp3) is 1.00. The monoisotopic (exact) mass is 264 g/mol. The van der Waals surface area contributed by atoms with Crippen molar-refractivity contribution < 1.29 is 13.9 Å². The molecule has 0 aliphatic carbocycles. The first-order valence-corrected chi connectivity index (χ1v) is 6.94. The van der Waals surface area contributed by atoms with E-state index >= 15 is 0 Å². The summed E-state index contributed by atoms with van der Waals surface area (Å²) in [6.07, 6.45) is 0.359. The zero-order chi connectivity index (χ0) is 13.5. The van der Waals surface area contributed by atoms with Gasteiger partial charge in [0.1, 0.15) is 0 Å². The van der Waals surface area contributed by atoms with Crippen LogP contribution in [-0.4, -0.2) is 54.8 Å². The third-order valence-corrected chi connectivity index (χ3v) is 3.63. The minimum absolute atomic E-state index is 0.0733. The summed E-state index contributed by atoms with van der Waals surface area (Å²) >= 11 is 0. The molecule has 1 saturated heterocycles. The zero-order valence-electron chi connectivity index (χ0n) is 11.4. The highest BCUT2D eigenvalue weighted by molar-refractivity contribution is 4.85. The number of likely N-dealkylation sites (tertiary alicyclic amines) is 1. The second kappa shape index (κ2) is 8.02. The van der Waals surface area contributed by atoms with Crippen LogP contribution in [0.3, 0.4) is 0 Å². The van der Waals surface area contributed by atoms with Gasteiger partial charge in [-0.25, -0.2) is 8.78 Å². The van der Waals surface area contributed by atoms with Gasteiger partial charge < -0.3 is 15.3 Å². The maximum atomic E-state index is 12.2. The molecule has 0 bridgehead atoms. The molecule has 3 nitrogen and oxygen atoms in total. The number of aliphatic hydroxyl groups excluding tert-OH is 1. The van der Waals surface area contributed by atoms with Gasteiger partial charge in [-0.2, -0.15) is 0 Å².